The van der Waals surface area contributed by atoms with Crippen LogP contribution < -0.4 is 20.7 Å². The van der Waals surface area contributed by atoms with E-state index >= 15 is 0 Å². The first-order chi connectivity index (χ1) is 27.4. The van der Waals surface area contributed by atoms with Crippen LogP contribution in [0.25, 0.3) is 44.5 Å². The summed E-state index contributed by atoms with van der Waals surface area (Å²) in [6.45, 7) is 0. The van der Waals surface area contributed by atoms with Gasteiger partial charge in [0.15, 0.2) is 8.07 Å². The van der Waals surface area contributed by atoms with Crippen molar-refractivity contribution >= 4 is 28.8 Å². The van der Waals surface area contributed by atoms with Crippen LogP contribution in [0, 0.1) is 46.5 Å². The number of rotatable bonds is 8. The number of hydrogen-bond donors (Lipinski definition) is 0. The van der Waals surface area contributed by atoms with Gasteiger partial charge in [-0.15, -0.1) is 0 Å². The topological polar surface area (TPSA) is 0 Å². The van der Waals surface area contributed by atoms with Crippen molar-refractivity contribution in [3.8, 4) is 44.5 Å². The Balaban J connectivity index is 1.36. The molecule has 57 heavy (non-hydrogen) atoms. The van der Waals surface area contributed by atoms with E-state index in [1.165, 1.54) is 48.5 Å². The van der Waals surface area contributed by atoms with Gasteiger partial charge in [-0.1, -0.05) is 97.1 Å². The molecule has 0 heterocycles. The maximum Gasteiger partial charge on any atom is 0.179 e. The first-order valence-electron chi connectivity index (χ1n) is 17.7. The van der Waals surface area contributed by atoms with Gasteiger partial charge in [-0.05, 0) is 114 Å². The largest absolute Gasteiger partial charge is 0.207 e. The zero-order chi connectivity index (χ0) is 39.8. The van der Waals surface area contributed by atoms with Crippen molar-refractivity contribution < 1.29 is 35.1 Å². The second-order valence-electron chi connectivity index (χ2n) is 13.7. The molecule has 0 saturated heterocycles. The molecule has 0 N–H and O–H groups in total. The van der Waals surface area contributed by atoms with Crippen LogP contribution in [0.15, 0.2) is 170 Å². The van der Waals surface area contributed by atoms with Crippen molar-refractivity contribution in [2.24, 2.45) is 0 Å². The highest BCUT2D eigenvalue weighted by molar-refractivity contribution is 7.19. The Bertz CT molecular complexity index is 2280. The van der Waals surface area contributed by atoms with Crippen molar-refractivity contribution in [1.82, 2.24) is 0 Å². The molecule has 8 aromatic carbocycles. The molecular formula is C48H28F8Si. The van der Waals surface area contributed by atoms with E-state index in [9.17, 15) is 35.1 Å². The fourth-order valence-electron chi connectivity index (χ4n) is 7.53. The van der Waals surface area contributed by atoms with Gasteiger partial charge >= 0.3 is 0 Å². The Morgan fingerprint density at radius 2 is 0.351 bits per heavy atom. The highest BCUT2D eigenvalue weighted by Gasteiger charge is 2.41. The van der Waals surface area contributed by atoms with Gasteiger partial charge in [-0.2, -0.15) is 0 Å². The molecule has 0 bridgehead atoms. The molecule has 8 aromatic rings. The highest BCUT2D eigenvalue weighted by atomic mass is 28.3. The van der Waals surface area contributed by atoms with Crippen LogP contribution >= 0.6 is 0 Å². The summed E-state index contributed by atoms with van der Waals surface area (Å²) < 4.78 is 114. The molecule has 0 amide bonds. The fourth-order valence-corrected chi connectivity index (χ4v) is 12.2. The molecule has 0 aromatic heterocycles. The van der Waals surface area contributed by atoms with Gasteiger partial charge in [0.1, 0.15) is 46.5 Å². The zero-order valence-electron chi connectivity index (χ0n) is 29.7. The second-order valence-corrected chi connectivity index (χ2v) is 17.5. The van der Waals surface area contributed by atoms with Crippen molar-refractivity contribution in [3.63, 3.8) is 0 Å². The van der Waals surface area contributed by atoms with E-state index in [1.807, 2.05) is 48.5 Å². The van der Waals surface area contributed by atoms with Crippen LogP contribution in [0.5, 0.6) is 0 Å². The number of benzene rings is 8. The molecule has 0 aliphatic carbocycles. The average molecular weight is 785 g/mol. The summed E-state index contributed by atoms with van der Waals surface area (Å²) >= 11 is 0. The minimum atomic E-state index is -3.48. The standard InChI is InChI=1S/C48H28F8Si/c49-37-17-33(18-38(50)25-37)29-1-9-45(10-2-29)57(46-11-3-30(4-12-46)34-19-39(51)26-40(52)20-34,47-13-5-31(6-14-47)35-21-41(53)27-42(54)22-35)48-15-7-32(8-16-48)36-23-43(55)28-44(56)24-36/h1-28H. The molecule has 9 heteroatoms. The quantitative estimate of drug-likeness (QED) is 0.0818. The summed E-state index contributed by atoms with van der Waals surface area (Å²) in [6, 6.07) is 42.2. The van der Waals surface area contributed by atoms with Gasteiger partial charge in [0.05, 0.1) is 0 Å². The molecular weight excluding hydrogens is 757 g/mol. The van der Waals surface area contributed by atoms with Crippen LogP contribution in [-0.2, 0) is 0 Å². The normalized spacial score (nSPS) is 11.5. The lowest BCUT2D eigenvalue weighted by atomic mass is 10.1. The van der Waals surface area contributed by atoms with Crippen LogP contribution in [0.4, 0.5) is 35.1 Å². The summed E-state index contributed by atoms with van der Waals surface area (Å²) in [5, 5.41) is 3.28. The van der Waals surface area contributed by atoms with E-state index in [0.29, 0.717) is 44.5 Å². The molecule has 8 rings (SSSR count). The zero-order valence-corrected chi connectivity index (χ0v) is 30.7. The monoisotopic (exact) mass is 784 g/mol. The third-order valence-corrected chi connectivity index (χ3v) is 14.9. The lowest BCUT2D eigenvalue weighted by Crippen LogP contribution is -2.74. The minimum Gasteiger partial charge on any atom is -0.207 e. The second kappa shape index (κ2) is 15.2. The predicted molar refractivity (Wildman–Crippen MR) is 211 cm³/mol. The van der Waals surface area contributed by atoms with Gasteiger partial charge < -0.3 is 0 Å². The molecule has 0 spiro atoms. The molecule has 0 fully saturated rings. The lowest BCUT2D eigenvalue weighted by molar-refractivity contribution is 0.583. The molecule has 0 atom stereocenters. The van der Waals surface area contributed by atoms with Crippen molar-refractivity contribution in [2.45, 2.75) is 0 Å². The molecule has 0 unspecified atom stereocenters. The van der Waals surface area contributed by atoms with E-state index in [1.54, 1.807) is 48.5 Å². The Labute approximate surface area is 324 Å². The summed E-state index contributed by atoms with van der Waals surface area (Å²) in [4.78, 5) is 0. The molecule has 0 saturated carbocycles. The maximum absolute atomic E-state index is 14.3. The Morgan fingerprint density at radius 1 is 0.193 bits per heavy atom. The molecule has 0 radical (unpaired) electrons. The summed E-state index contributed by atoms with van der Waals surface area (Å²) in [7, 11) is -3.48. The first kappa shape index (κ1) is 37.3. The summed E-state index contributed by atoms with van der Waals surface area (Å²) in [5.74, 6) is -5.83. The third-order valence-electron chi connectivity index (χ3n) is 10.1. The summed E-state index contributed by atoms with van der Waals surface area (Å²) in [6.07, 6.45) is 0. The van der Waals surface area contributed by atoms with Crippen LogP contribution in [0.2, 0.25) is 0 Å². The van der Waals surface area contributed by atoms with E-state index in [2.05, 4.69) is 0 Å². The first-order valence-corrected chi connectivity index (χ1v) is 19.7. The Kier molecular flexibility index (Phi) is 9.93. The highest BCUT2D eigenvalue weighted by Crippen LogP contribution is 2.27. The minimum absolute atomic E-state index is 0.330. The van der Waals surface area contributed by atoms with Gasteiger partial charge in [0.2, 0.25) is 0 Å². The molecule has 0 aliphatic heterocycles. The van der Waals surface area contributed by atoms with Crippen LogP contribution in [0.3, 0.4) is 0 Å². The third kappa shape index (κ3) is 7.54. The molecule has 280 valence electrons. The summed E-state index contributed by atoms with van der Waals surface area (Å²) in [5.41, 5.74) is 3.53. The van der Waals surface area contributed by atoms with E-state index in [-0.39, 0.29) is 0 Å². The fraction of sp³-hybridized carbons (Fsp3) is 0. The Hall–Kier alpha value is -6.58. The van der Waals surface area contributed by atoms with Gasteiger partial charge in [0.25, 0.3) is 0 Å². The smallest absolute Gasteiger partial charge is 0.179 e. The molecule has 0 aliphatic rings. The van der Waals surface area contributed by atoms with Crippen molar-refractivity contribution in [1.29, 1.82) is 0 Å². The van der Waals surface area contributed by atoms with E-state index in [0.717, 1.165) is 45.0 Å². The number of halogens is 8. The lowest BCUT2D eigenvalue weighted by Gasteiger charge is -2.35. The van der Waals surface area contributed by atoms with Gasteiger partial charge in [0, 0.05) is 24.3 Å². The SMILES string of the molecule is Fc1cc(F)cc(-c2ccc([Si](c3ccc(-c4cc(F)cc(F)c4)cc3)(c3ccc(-c4cc(F)cc(F)c4)cc3)c3ccc(-c4cc(F)cc(F)c4)cc3)cc2)c1. The van der Waals surface area contributed by atoms with Crippen LogP contribution in [-0.4, -0.2) is 8.07 Å². The van der Waals surface area contributed by atoms with Gasteiger partial charge in [-0.25, -0.2) is 35.1 Å². The molecule has 0 nitrogen and oxygen atoms in total. The maximum atomic E-state index is 14.3. The van der Waals surface area contributed by atoms with E-state index in [4.69, 9.17) is 0 Å². The van der Waals surface area contributed by atoms with Crippen LogP contribution in [0.1, 0.15) is 0 Å². The van der Waals surface area contributed by atoms with Crippen molar-refractivity contribution in [3.05, 3.63) is 216 Å². The number of hydrogen-bond acceptors (Lipinski definition) is 0. The van der Waals surface area contributed by atoms with E-state index < -0.39 is 54.6 Å². The van der Waals surface area contributed by atoms with Crippen molar-refractivity contribution in [2.75, 3.05) is 0 Å². The average Bonchev–Trinajstić information content (AvgIpc) is 3.18. The predicted octanol–water partition coefficient (Wildman–Crippen LogP) is 10.8. The Morgan fingerprint density at radius 3 is 0.509 bits per heavy atom. The van der Waals surface area contributed by atoms with Gasteiger partial charge in [-0.3, -0.25) is 0 Å².